The highest BCUT2D eigenvalue weighted by atomic mass is 16.8. The molecule has 0 spiro atoms. The van der Waals surface area contributed by atoms with Crippen LogP contribution in [0.5, 0.6) is 0 Å². The molecule has 6 atom stereocenters. The monoisotopic (exact) mass is 632 g/mol. The molecule has 0 bridgehead atoms. The number of unbranched alkanes of at least 4 members (excludes halogenated alkanes) is 2. The first kappa shape index (κ1) is 32.6. The first-order valence-corrected chi connectivity index (χ1v) is 16.3. The molecule has 0 amide bonds. The second-order valence-corrected chi connectivity index (χ2v) is 11.6. The Hall–Kier alpha value is -4.29. The predicted octanol–water partition coefficient (Wildman–Crippen LogP) is 7.40. The van der Waals surface area contributed by atoms with E-state index in [2.05, 4.69) is 18.8 Å². The maximum absolute atomic E-state index is 13.8. The maximum atomic E-state index is 13.8. The molecule has 2 aliphatic rings. The van der Waals surface area contributed by atoms with Gasteiger partial charge in [0, 0.05) is 17.5 Å². The Morgan fingerprint density at radius 1 is 0.766 bits per heavy atom. The fraction of sp³-hybridized carbons (Fsp3) is 0.325. The van der Waals surface area contributed by atoms with Crippen LogP contribution < -0.4 is 0 Å². The first-order chi connectivity index (χ1) is 23.2. The molecule has 0 saturated carbocycles. The molecule has 2 aliphatic heterocycles. The number of hydrogen-bond donors (Lipinski definition) is 0. The molecule has 47 heavy (non-hydrogen) atoms. The van der Waals surface area contributed by atoms with Gasteiger partial charge in [-0.2, -0.15) is 0 Å². The van der Waals surface area contributed by atoms with Crippen molar-refractivity contribution in [1.29, 1.82) is 0 Å². The predicted molar refractivity (Wildman–Crippen MR) is 177 cm³/mol. The molecule has 2 saturated heterocycles. The maximum Gasteiger partial charge on any atom is 0.341 e. The summed E-state index contributed by atoms with van der Waals surface area (Å²) in [6.45, 7) is 2.90. The van der Waals surface area contributed by atoms with Crippen LogP contribution in [-0.4, -0.2) is 43.3 Å². The summed E-state index contributed by atoms with van der Waals surface area (Å²) in [5.41, 5.74) is 3.82. The molecular weight excluding hydrogens is 592 g/mol. The van der Waals surface area contributed by atoms with Crippen LogP contribution in [0.25, 0.3) is 0 Å². The topological polar surface area (TPSA) is 72.5 Å². The molecule has 1 unspecified atom stereocenters. The van der Waals surface area contributed by atoms with E-state index in [4.69, 9.17) is 28.4 Å². The lowest BCUT2D eigenvalue weighted by Gasteiger charge is -2.48. The smallest absolute Gasteiger partial charge is 0.341 e. The zero-order valence-corrected chi connectivity index (χ0v) is 26.5. The van der Waals surface area contributed by atoms with Crippen LogP contribution in [-0.2, 0) is 41.6 Å². The summed E-state index contributed by atoms with van der Waals surface area (Å²) in [4.78, 5) is 13.8. The van der Waals surface area contributed by atoms with Crippen LogP contribution in [0.15, 0.2) is 115 Å². The highest BCUT2D eigenvalue weighted by Gasteiger charge is 2.53. The number of rotatable bonds is 11. The molecule has 7 heteroatoms. The summed E-state index contributed by atoms with van der Waals surface area (Å²) in [6, 6.07) is 36.7. The zero-order chi connectivity index (χ0) is 32.3. The second kappa shape index (κ2) is 16.5. The molecule has 0 aliphatic carbocycles. The van der Waals surface area contributed by atoms with Crippen molar-refractivity contribution in [2.45, 2.75) is 76.4 Å². The van der Waals surface area contributed by atoms with E-state index in [0.717, 1.165) is 36.0 Å². The number of carbonyl (C=O) groups excluding carboxylic acids is 1. The van der Waals surface area contributed by atoms with E-state index < -0.39 is 43.0 Å². The number of carbonyl (C=O) groups is 1. The highest BCUT2D eigenvalue weighted by molar-refractivity contribution is 5.92. The summed E-state index contributed by atoms with van der Waals surface area (Å²) in [5, 5.41) is 0. The van der Waals surface area contributed by atoms with Crippen molar-refractivity contribution in [3.63, 3.8) is 0 Å². The van der Waals surface area contributed by atoms with Gasteiger partial charge in [0.2, 0.25) is 6.29 Å². The van der Waals surface area contributed by atoms with Crippen molar-refractivity contribution in [3.05, 3.63) is 143 Å². The van der Waals surface area contributed by atoms with Gasteiger partial charge in [-0.25, -0.2) is 4.79 Å². The third-order valence-electron chi connectivity index (χ3n) is 8.17. The van der Waals surface area contributed by atoms with Crippen LogP contribution in [0, 0.1) is 11.8 Å². The van der Waals surface area contributed by atoms with Crippen LogP contribution in [0.1, 0.15) is 65.1 Å². The minimum atomic E-state index is -1.10. The summed E-state index contributed by atoms with van der Waals surface area (Å²) < 4.78 is 38.5. The van der Waals surface area contributed by atoms with Gasteiger partial charge in [-0.15, -0.1) is 0 Å². The van der Waals surface area contributed by atoms with Crippen molar-refractivity contribution in [2.75, 3.05) is 6.61 Å². The fourth-order valence-electron chi connectivity index (χ4n) is 5.68. The molecule has 7 nitrogen and oxygen atoms in total. The van der Waals surface area contributed by atoms with Gasteiger partial charge in [-0.1, -0.05) is 128 Å². The van der Waals surface area contributed by atoms with Gasteiger partial charge in [-0.3, -0.25) is 0 Å². The lowest BCUT2D eigenvalue weighted by molar-refractivity contribution is -0.364. The van der Waals surface area contributed by atoms with Gasteiger partial charge >= 0.3 is 5.97 Å². The van der Waals surface area contributed by atoms with Crippen LogP contribution in [0.2, 0.25) is 0 Å². The fourth-order valence-corrected chi connectivity index (χ4v) is 5.68. The lowest BCUT2D eigenvalue weighted by atomic mass is 9.97. The molecule has 242 valence electrons. The Morgan fingerprint density at radius 3 is 2.06 bits per heavy atom. The van der Waals surface area contributed by atoms with Crippen molar-refractivity contribution in [1.82, 2.24) is 0 Å². The standard InChI is InChI=1S/C40H40O7/c1-2-3-4-12-21-31-22-15-16-25-33(31)38(41)47-40-37(43-27-30-19-10-6-11-20-30)36(42-26-29-17-8-5-9-18-29)35-34(45-40)28-44-39(46-35)32-23-13-7-14-24-32/h5-11,13-20,22-25,34-37,39-40H,2-4,26-28H2,1H3/t34-,35-,36+,37+,39?,40-/m1/s1. The average Bonchev–Trinajstić information content (AvgIpc) is 3.13. The average molecular weight is 633 g/mol. The highest BCUT2D eigenvalue weighted by Crippen LogP contribution is 2.37. The van der Waals surface area contributed by atoms with Crippen molar-refractivity contribution >= 4 is 5.97 Å². The normalized spacial score (nSPS) is 23.6. The first-order valence-electron chi connectivity index (χ1n) is 16.3. The Morgan fingerprint density at radius 2 is 1.38 bits per heavy atom. The Balaban J connectivity index is 1.30. The SMILES string of the molecule is CCCCC#Cc1ccccc1C(=O)O[C@H]1O[C@@H]2COC(c3ccccc3)O[C@H]2[C@H](OCc2ccccc2)[C@@H]1OCc1ccccc1. The molecule has 0 aromatic heterocycles. The Kier molecular flexibility index (Phi) is 11.5. The summed E-state index contributed by atoms with van der Waals surface area (Å²) >= 11 is 0. The summed E-state index contributed by atoms with van der Waals surface area (Å²) in [6.07, 6.45) is -1.52. The third-order valence-corrected chi connectivity index (χ3v) is 8.17. The van der Waals surface area contributed by atoms with E-state index in [9.17, 15) is 4.79 Å². The van der Waals surface area contributed by atoms with E-state index in [1.807, 2.05) is 103 Å². The van der Waals surface area contributed by atoms with Gasteiger partial charge in [0.1, 0.15) is 24.4 Å². The summed E-state index contributed by atoms with van der Waals surface area (Å²) in [7, 11) is 0. The Labute approximate surface area is 276 Å². The third kappa shape index (κ3) is 8.55. The number of benzene rings is 4. The largest absolute Gasteiger partial charge is 0.429 e. The molecule has 4 aromatic carbocycles. The number of ether oxygens (including phenoxy) is 6. The van der Waals surface area contributed by atoms with E-state index >= 15 is 0 Å². The van der Waals surface area contributed by atoms with Crippen LogP contribution in [0.3, 0.4) is 0 Å². The number of fused-ring (bicyclic) bond motifs is 1. The molecule has 4 aromatic rings. The molecule has 0 N–H and O–H groups in total. The number of hydrogen-bond acceptors (Lipinski definition) is 7. The van der Waals surface area contributed by atoms with E-state index in [1.54, 1.807) is 12.1 Å². The summed E-state index contributed by atoms with van der Waals surface area (Å²) in [5.74, 6) is 5.77. The van der Waals surface area contributed by atoms with E-state index in [0.29, 0.717) is 17.7 Å². The van der Waals surface area contributed by atoms with E-state index in [-0.39, 0.29) is 13.2 Å². The molecule has 2 fully saturated rings. The van der Waals surface area contributed by atoms with Crippen molar-refractivity contribution in [3.8, 4) is 11.8 Å². The van der Waals surface area contributed by atoms with Crippen molar-refractivity contribution < 1.29 is 33.2 Å². The molecular formula is C40H40O7. The molecule has 6 rings (SSSR count). The van der Waals surface area contributed by atoms with Gasteiger partial charge in [0.05, 0.1) is 25.4 Å². The minimum absolute atomic E-state index is 0.217. The van der Waals surface area contributed by atoms with Gasteiger partial charge in [-0.05, 0) is 29.7 Å². The van der Waals surface area contributed by atoms with Crippen molar-refractivity contribution in [2.24, 2.45) is 0 Å². The quantitative estimate of drug-likeness (QED) is 0.0970. The molecule has 0 radical (unpaired) electrons. The molecule has 2 heterocycles. The van der Waals surface area contributed by atoms with Crippen LogP contribution in [0.4, 0.5) is 0 Å². The number of esters is 1. The van der Waals surface area contributed by atoms with Gasteiger partial charge in [0.15, 0.2) is 6.29 Å². The van der Waals surface area contributed by atoms with Gasteiger partial charge in [0.25, 0.3) is 0 Å². The van der Waals surface area contributed by atoms with E-state index in [1.165, 1.54) is 0 Å². The minimum Gasteiger partial charge on any atom is -0.429 e. The zero-order valence-electron chi connectivity index (χ0n) is 26.5. The van der Waals surface area contributed by atoms with Gasteiger partial charge < -0.3 is 28.4 Å². The lowest BCUT2D eigenvalue weighted by Crippen LogP contribution is -2.63. The van der Waals surface area contributed by atoms with Crippen LogP contribution >= 0.6 is 0 Å². The Bertz CT molecular complexity index is 1620. The second-order valence-electron chi connectivity index (χ2n) is 11.6.